The zero-order valence-electron chi connectivity index (χ0n) is 17.9. The van der Waals surface area contributed by atoms with Gasteiger partial charge < -0.3 is 20.1 Å². The zero-order valence-corrected chi connectivity index (χ0v) is 17.9. The van der Waals surface area contributed by atoms with Gasteiger partial charge in [-0.2, -0.15) is 0 Å². The van der Waals surface area contributed by atoms with Crippen molar-refractivity contribution in [1.82, 2.24) is 5.32 Å². The maximum Gasteiger partial charge on any atom is 0.350 e. The molecule has 1 aromatic carbocycles. The van der Waals surface area contributed by atoms with Gasteiger partial charge in [0.05, 0.1) is 0 Å². The first-order valence-electron chi connectivity index (χ1n) is 11.1. The van der Waals surface area contributed by atoms with Gasteiger partial charge in [-0.05, 0) is 80.5 Å². The molecule has 4 saturated carbocycles. The minimum absolute atomic E-state index is 0.0251. The summed E-state index contributed by atoms with van der Waals surface area (Å²) in [7, 11) is 0. The number of benzene rings is 1. The van der Waals surface area contributed by atoms with Crippen LogP contribution >= 0.6 is 0 Å². The van der Waals surface area contributed by atoms with Gasteiger partial charge in [-0.3, -0.25) is 4.79 Å². The Hall–Kier alpha value is -2.83. The molecule has 7 heteroatoms. The van der Waals surface area contributed by atoms with Crippen molar-refractivity contribution in [1.29, 1.82) is 0 Å². The molecule has 0 aromatic heterocycles. The molecule has 31 heavy (non-hydrogen) atoms. The summed E-state index contributed by atoms with van der Waals surface area (Å²) in [6.07, 6.45) is 8.62. The van der Waals surface area contributed by atoms with Crippen LogP contribution in [0.3, 0.4) is 0 Å². The number of amides is 1. The van der Waals surface area contributed by atoms with E-state index in [4.69, 9.17) is 9.47 Å². The molecule has 1 heterocycles. The Morgan fingerprint density at radius 2 is 1.45 bits per heavy atom. The third kappa shape index (κ3) is 3.93. The Labute approximate surface area is 181 Å². The van der Waals surface area contributed by atoms with Gasteiger partial charge in [-0.25, -0.2) is 9.59 Å². The molecule has 0 spiro atoms. The van der Waals surface area contributed by atoms with Crippen molar-refractivity contribution in [3.63, 3.8) is 0 Å². The van der Waals surface area contributed by atoms with Crippen molar-refractivity contribution < 1.29 is 23.9 Å². The number of cyclic esters (lactones) is 2. The number of carbonyl (C=O) groups excluding carboxylic acids is 3. The predicted octanol–water partition coefficient (Wildman–Crippen LogP) is 3.52. The van der Waals surface area contributed by atoms with E-state index in [1.807, 2.05) is 0 Å². The van der Waals surface area contributed by atoms with Gasteiger partial charge in [0.25, 0.3) is 11.7 Å². The van der Waals surface area contributed by atoms with Gasteiger partial charge in [-0.15, -0.1) is 0 Å². The van der Waals surface area contributed by atoms with E-state index < -0.39 is 17.7 Å². The second-order valence-corrected chi connectivity index (χ2v) is 10.1. The second-order valence-electron chi connectivity index (χ2n) is 10.1. The van der Waals surface area contributed by atoms with Crippen molar-refractivity contribution in [2.75, 3.05) is 5.32 Å². The molecule has 1 aliphatic heterocycles. The number of hydrogen-bond acceptors (Lipinski definition) is 6. The number of anilines is 1. The van der Waals surface area contributed by atoms with E-state index in [2.05, 4.69) is 10.6 Å². The van der Waals surface area contributed by atoms with E-state index in [1.165, 1.54) is 39.3 Å². The van der Waals surface area contributed by atoms with Crippen LogP contribution in [-0.2, 0) is 19.1 Å². The first kappa shape index (κ1) is 20.1. The SMILES string of the molecule is CC1(C)OC(=O)C(=CNc2ccc(C(=O)NC34CC5CC(CC(C5)C3)C4)cc2)C(=O)O1. The smallest absolute Gasteiger partial charge is 0.350 e. The summed E-state index contributed by atoms with van der Waals surface area (Å²) in [5.41, 5.74) is 1.02. The topological polar surface area (TPSA) is 93.7 Å². The molecule has 0 unspecified atom stereocenters. The normalized spacial score (nSPS) is 32.8. The average Bonchev–Trinajstić information content (AvgIpc) is 2.65. The van der Waals surface area contributed by atoms with Crippen molar-refractivity contribution in [2.45, 2.75) is 63.7 Å². The molecular formula is C24H28N2O5. The van der Waals surface area contributed by atoms with Gasteiger partial charge >= 0.3 is 11.9 Å². The summed E-state index contributed by atoms with van der Waals surface area (Å²) >= 11 is 0. The minimum Gasteiger partial charge on any atom is -0.419 e. The van der Waals surface area contributed by atoms with Crippen molar-refractivity contribution in [3.05, 3.63) is 41.6 Å². The Morgan fingerprint density at radius 1 is 0.935 bits per heavy atom. The molecule has 4 bridgehead atoms. The van der Waals surface area contributed by atoms with Crippen LogP contribution in [0.25, 0.3) is 0 Å². The van der Waals surface area contributed by atoms with Crippen LogP contribution in [0.4, 0.5) is 5.69 Å². The number of carbonyl (C=O) groups is 3. The lowest BCUT2D eigenvalue weighted by atomic mass is 9.53. The number of esters is 2. The molecule has 1 amide bonds. The van der Waals surface area contributed by atoms with E-state index in [0.717, 1.165) is 37.0 Å². The summed E-state index contributed by atoms with van der Waals surface area (Å²) in [5.74, 6) is -0.453. The van der Waals surface area contributed by atoms with Crippen LogP contribution in [0.1, 0.15) is 62.7 Å². The minimum atomic E-state index is -1.27. The molecule has 4 aliphatic carbocycles. The van der Waals surface area contributed by atoms with E-state index in [1.54, 1.807) is 24.3 Å². The molecule has 2 N–H and O–H groups in total. The van der Waals surface area contributed by atoms with Gasteiger partial charge in [0.2, 0.25) is 0 Å². The fraction of sp³-hybridized carbons (Fsp3) is 0.542. The summed E-state index contributed by atoms with van der Waals surface area (Å²) in [6, 6.07) is 6.98. The van der Waals surface area contributed by atoms with Crippen molar-refractivity contribution in [3.8, 4) is 0 Å². The summed E-state index contributed by atoms with van der Waals surface area (Å²) in [6.45, 7) is 3.00. The summed E-state index contributed by atoms with van der Waals surface area (Å²) < 4.78 is 10.1. The molecule has 1 aromatic rings. The molecule has 5 fully saturated rings. The lowest BCUT2D eigenvalue weighted by Crippen LogP contribution is -2.59. The van der Waals surface area contributed by atoms with E-state index in [-0.39, 0.29) is 17.0 Å². The van der Waals surface area contributed by atoms with Crippen LogP contribution in [0.15, 0.2) is 36.0 Å². The van der Waals surface area contributed by atoms with E-state index in [0.29, 0.717) is 11.3 Å². The van der Waals surface area contributed by atoms with Crippen LogP contribution in [0.2, 0.25) is 0 Å². The Morgan fingerprint density at radius 3 is 1.97 bits per heavy atom. The van der Waals surface area contributed by atoms with Crippen LogP contribution < -0.4 is 10.6 Å². The molecule has 6 rings (SSSR count). The Balaban J connectivity index is 1.23. The highest BCUT2D eigenvalue weighted by atomic mass is 16.7. The molecule has 7 nitrogen and oxygen atoms in total. The fourth-order valence-corrected chi connectivity index (χ4v) is 6.23. The lowest BCUT2D eigenvalue weighted by molar-refractivity contribution is -0.222. The average molecular weight is 424 g/mol. The van der Waals surface area contributed by atoms with Crippen molar-refractivity contribution in [2.24, 2.45) is 17.8 Å². The fourth-order valence-electron chi connectivity index (χ4n) is 6.23. The monoisotopic (exact) mass is 424 g/mol. The first-order valence-corrected chi connectivity index (χ1v) is 11.1. The highest BCUT2D eigenvalue weighted by Crippen LogP contribution is 2.55. The van der Waals surface area contributed by atoms with E-state index >= 15 is 0 Å². The van der Waals surface area contributed by atoms with Gasteiger partial charge in [0.15, 0.2) is 5.57 Å². The Bertz CT molecular complexity index is 905. The highest BCUT2D eigenvalue weighted by molar-refractivity contribution is 6.15. The maximum absolute atomic E-state index is 12.9. The number of hydrogen-bond donors (Lipinski definition) is 2. The number of rotatable bonds is 4. The van der Waals surface area contributed by atoms with E-state index in [9.17, 15) is 14.4 Å². The number of ether oxygens (including phenoxy) is 2. The third-order valence-corrected chi connectivity index (χ3v) is 7.06. The highest BCUT2D eigenvalue weighted by Gasteiger charge is 2.51. The number of nitrogens with one attached hydrogen (secondary N) is 2. The zero-order chi connectivity index (χ0) is 21.8. The third-order valence-electron chi connectivity index (χ3n) is 7.06. The molecule has 0 radical (unpaired) electrons. The van der Waals surface area contributed by atoms with Gasteiger partial charge in [0.1, 0.15) is 0 Å². The van der Waals surface area contributed by atoms with Gasteiger partial charge in [0, 0.05) is 36.8 Å². The molecular weight excluding hydrogens is 396 g/mol. The summed E-state index contributed by atoms with van der Waals surface area (Å²) in [5, 5.41) is 6.27. The second kappa shape index (κ2) is 7.11. The van der Waals surface area contributed by atoms with Crippen LogP contribution in [-0.4, -0.2) is 29.2 Å². The quantitative estimate of drug-likeness (QED) is 0.436. The molecule has 0 atom stereocenters. The predicted molar refractivity (Wildman–Crippen MR) is 113 cm³/mol. The maximum atomic E-state index is 12.9. The Kier molecular flexibility index (Phi) is 4.61. The van der Waals surface area contributed by atoms with Gasteiger partial charge in [-0.1, -0.05) is 0 Å². The first-order chi connectivity index (χ1) is 14.7. The molecule has 164 valence electrons. The van der Waals surface area contributed by atoms with Crippen LogP contribution in [0, 0.1) is 17.8 Å². The standard InChI is InChI=1S/C24H28N2O5/c1-23(2)30-21(28)19(22(29)31-23)13-25-18-5-3-17(4-6-18)20(27)26-24-10-14-7-15(11-24)9-16(8-14)12-24/h3-6,13-16,25H,7-12H2,1-2H3,(H,26,27). The summed E-state index contributed by atoms with van der Waals surface area (Å²) in [4.78, 5) is 36.9. The van der Waals surface area contributed by atoms with Crippen molar-refractivity contribution >= 4 is 23.5 Å². The molecule has 5 aliphatic rings. The molecule has 1 saturated heterocycles. The lowest BCUT2D eigenvalue weighted by Gasteiger charge is -2.56. The van der Waals surface area contributed by atoms with Crippen LogP contribution in [0.5, 0.6) is 0 Å². The largest absolute Gasteiger partial charge is 0.419 e.